The zero-order chi connectivity index (χ0) is 12.7. The van der Waals surface area contributed by atoms with Crippen LogP contribution in [0.4, 0.5) is 0 Å². The van der Waals surface area contributed by atoms with E-state index in [1.54, 1.807) is 12.4 Å². The van der Waals surface area contributed by atoms with Gasteiger partial charge in [0, 0.05) is 12.7 Å². The van der Waals surface area contributed by atoms with Crippen LogP contribution in [-0.2, 0) is 6.54 Å². The summed E-state index contributed by atoms with van der Waals surface area (Å²) in [6.07, 6.45) is 4.43. The van der Waals surface area contributed by atoms with Crippen molar-refractivity contribution in [1.82, 2.24) is 15.3 Å². The molecule has 0 amide bonds. The van der Waals surface area contributed by atoms with Gasteiger partial charge >= 0.3 is 0 Å². The molecule has 0 radical (unpaired) electrons. The highest BCUT2D eigenvalue weighted by atomic mass is 16.5. The van der Waals surface area contributed by atoms with Gasteiger partial charge in [0.05, 0.1) is 18.5 Å². The molecule has 1 aromatic heterocycles. The topological polar surface area (TPSA) is 47.0 Å². The minimum absolute atomic E-state index is 0.287. The third-order valence-corrected chi connectivity index (χ3v) is 2.32. The Morgan fingerprint density at radius 3 is 2.71 bits per heavy atom. The molecule has 0 atom stereocenters. The summed E-state index contributed by atoms with van der Waals surface area (Å²) in [4.78, 5) is 8.51. The lowest BCUT2D eigenvalue weighted by Crippen LogP contribution is -2.14. The Hall–Kier alpha value is -1.16. The molecule has 0 aliphatic heterocycles. The van der Waals surface area contributed by atoms with Crippen molar-refractivity contribution < 1.29 is 4.74 Å². The predicted molar refractivity (Wildman–Crippen MR) is 69.0 cm³/mol. The Morgan fingerprint density at radius 2 is 2.06 bits per heavy atom. The maximum Gasteiger partial charge on any atom is 0.232 e. The molecule has 1 heterocycles. The fourth-order valence-electron chi connectivity index (χ4n) is 1.26. The van der Waals surface area contributed by atoms with Crippen LogP contribution >= 0.6 is 0 Å². The van der Waals surface area contributed by atoms with E-state index in [1.807, 2.05) is 0 Å². The molecule has 0 aromatic carbocycles. The Balaban J connectivity index is 2.43. The van der Waals surface area contributed by atoms with Gasteiger partial charge in [0.25, 0.3) is 0 Å². The molecule has 96 valence electrons. The third kappa shape index (κ3) is 6.22. The summed E-state index contributed by atoms with van der Waals surface area (Å²) < 4.78 is 5.60. The third-order valence-electron chi connectivity index (χ3n) is 2.32. The quantitative estimate of drug-likeness (QED) is 0.825. The lowest BCUT2D eigenvalue weighted by Gasteiger charge is -2.17. The summed E-state index contributed by atoms with van der Waals surface area (Å²) in [5, 5.41) is 3.21. The van der Waals surface area contributed by atoms with Crippen LogP contribution in [0.1, 0.15) is 39.8 Å². The molecule has 4 heteroatoms. The van der Waals surface area contributed by atoms with E-state index in [2.05, 4.69) is 43.0 Å². The van der Waals surface area contributed by atoms with Gasteiger partial charge in [-0.1, -0.05) is 27.7 Å². The van der Waals surface area contributed by atoms with Crippen molar-refractivity contribution in [3.8, 4) is 5.88 Å². The summed E-state index contributed by atoms with van der Waals surface area (Å²) in [6, 6.07) is 0. The maximum atomic E-state index is 5.60. The molecule has 0 spiro atoms. The monoisotopic (exact) mass is 237 g/mol. The van der Waals surface area contributed by atoms with Crippen LogP contribution in [0.3, 0.4) is 0 Å². The van der Waals surface area contributed by atoms with Gasteiger partial charge in [0.1, 0.15) is 0 Å². The van der Waals surface area contributed by atoms with Crippen LogP contribution in [0.2, 0.25) is 0 Å². The molecule has 0 aliphatic carbocycles. The molecule has 1 N–H and O–H groups in total. The van der Waals surface area contributed by atoms with Gasteiger partial charge in [-0.2, -0.15) is 0 Å². The second kappa shape index (κ2) is 6.55. The van der Waals surface area contributed by atoms with Crippen molar-refractivity contribution in [3.05, 3.63) is 18.1 Å². The Labute approximate surface area is 104 Å². The zero-order valence-electron chi connectivity index (χ0n) is 11.3. The predicted octanol–water partition coefficient (Wildman–Crippen LogP) is 2.40. The maximum absolute atomic E-state index is 5.60. The standard InChI is InChI=1S/C13H23N3O/c1-5-14-8-11-9-15-10-12(16-11)17-7-6-13(2,3)4/h9-10,14H,5-8H2,1-4H3. The van der Waals surface area contributed by atoms with Crippen LogP contribution in [0, 0.1) is 5.41 Å². The summed E-state index contributed by atoms with van der Waals surface area (Å²) >= 11 is 0. The fraction of sp³-hybridized carbons (Fsp3) is 0.692. The number of nitrogens with one attached hydrogen (secondary N) is 1. The van der Waals surface area contributed by atoms with Crippen molar-refractivity contribution >= 4 is 0 Å². The zero-order valence-corrected chi connectivity index (χ0v) is 11.3. The molecular formula is C13H23N3O. The molecule has 0 aliphatic rings. The minimum Gasteiger partial charge on any atom is -0.477 e. The van der Waals surface area contributed by atoms with E-state index in [1.165, 1.54) is 0 Å². The number of hydrogen-bond acceptors (Lipinski definition) is 4. The average Bonchev–Trinajstić information content (AvgIpc) is 2.25. The van der Waals surface area contributed by atoms with Gasteiger partial charge < -0.3 is 10.1 Å². The summed E-state index contributed by atoms with van der Waals surface area (Å²) in [5.74, 6) is 0.615. The first-order valence-electron chi connectivity index (χ1n) is 6.16. The van der Waals surface area contributed by atoms with Crippen LogP contribution in [0.25, 0.3) is 0 Å². The van der Waals surface area contributed by atoms with E-state index in [4.69, 9.17) is 4.74 Å². The summed E-state index contributed by atoms with van der Waals surface area (Å²) in [6.45, 7) is 11.0. The molecule has 0 bridgehead atoms. The lowest BCUT2D eigenvalue weighted by atomic mass is 9.93. The van der Waals surface area contributed by atoms with Gasteiger partial charge in [0.2, 0.25) is 5.88 Å². The average molecular weight is 237 g/mol. The summed E-state index contributed by atoms with van der Waals surface area (Å²) in [5.41, 5.74) is 1.20. The Kier molecular flexibility index (Phi) is 5.35. The fourth-order valence-corrected chi connectivity index (χ4v) is 1.26. The second-order valence-corrected chi connectivity index (χ2v) is 5.29. The van der Waals surface area contributed by atoms with E-state index in [-0.39, 0.29) is 5.41 Å². The normalized spacial score (nSPS) is 11.5. The van der Waals surface area contributed by atoms with Crippen molar-refractivity contribution in [1.29, 1.82) is 0 Å². The first-order chi connectivity index (χ1) is 8.01. The molecule has 1 rings (SSSR count). The lowest BCUT2D eigenvalue weighted by molar-refractivity contribution is 0.235. The molecule has 0 unspecified atom stereocenters. The number of aromatic nitrogens is 2. The van der Waals surface area contributed by atoms with E-state index in [0.717, 1.165) is 25.2 Å². The highest BCUT2D eigenvalue weighted by Gasteiger charge is 2.10. The van der Waals surface area contributed by atoms with Gasteiger partial charge in [-0.15, -0.1) is 0 Å². The summed E-state index contributed by atoms with van der Waals surface area (Å²) in [7, 11) is 0. The molecule has 1 aromatic rings. The van der Waals surface area contributed by atoms with E-state index >= 15 is 0 Å². The molecule has 17 heavy (non-hydrogen) atoms. The van der Waals surface area contributed by atoms with E-state index < -0.39 is 0 Å². The van der Waals surface area contributed by atoms with E-state index in [9.17, 15) is 0 Å². The van der Waals surface area contributed by atoms with Crippen molar-refractivity contribution in [2.45, 2.75) is 40.7 Å². The molecular weight excluding hydrogens is 214 g/mol. The molecule has 4 nitrogen and oxygen atoms in total. The minimum atomic E-state index is 0.287. The largest absolute Gasteiger partial charge is 0.477 e. The number of rotatable bonds is 6. The first-order valence-corrected chi connectivity index (χ1v) is 6.16. The van der Waals surface area contributed by atoms with Gasteiger partial charge in [-0.3, -0.25) is 4.98 Å². The SMILES string of the molecule is CCNCc1cncc(OCCC(C)(C)C)n1. The van der Waals surface area contributed by atoms with Crippen LogP contribution in [0.15, 0.2) is 12.4 Å². The van der Waals surface area contributed by atoms with Crippen molar-refractivity contribution in [3.63, 3.8) is 0 Å². The second-order valence-electron chi connectivity index (χ2n) is 5.29. The highest BCUT2D eigenvalue weighted by Crippen LogP contribution is 2.18. The smallest absolute Gasteiger partial charge is 0.232 e. The van der Waals surface area contributed by atoms with Crippen molar-refractivity contribution in [2.24, 2.45) is 5.41 Å². The van der Waals surface area contributed by atoms with Crippen LogP contribution in [-0.4, -0.2) is 23.1 Å². The van der Waals surface area contributed by atoms with Gasteiger partial charge in [0.15, 0.2) is 0 Å². The van der Waals surface area contributed by atoms with E-state index in [0.29, 0.717) is 12.5 Å². The Bertz CT molecular complexity index is 334. The number of hydrogen-bond donors (Lipinski definition) is 1. The molecule has 0 saturated heterocycles. The Morgan fingerprint density at radius 1 is 1.29 bits per heavy atom. The van der Waals surface area contributed by atoms with Crippen molar-refractivity contribution in [2.75, 3.05) is 13.2 Å². The van der Waals surface area contributed by atoms with Crippen LogP contribution in [0.5, 0.6) is 5.88 Å². The van der Waals surface area contributed by atoms with Gasteiger partial charge in [-0.05, 0) is 18.4 Å². The van der Waals surface area contributed by atoms with Gasteiger partial charge in [-0.25, -0.2) is 4.98 Å². The van der Waals surface area contributed by atoms with Crippen LogP contribution < -0.4 is 10.1 Å². The number of ether oxygens (including phenoxy) is 1. The molecule has 0 fully saturated rings. The first kappa shape index (κ1) is 13.9. The highest BCUT2D eigenvalue weighted by molar-refractivity contribution is 5.08. The number of nitrogens with zero attached hydrogens (tertiary/aromatic N) is 2. The molecule has 0 saturated carbocycles.